The average molecular weight is 526 g/mol. The van der Waals surface area contributed by atoms with Crippen molar-refractivity contribution in [3.63, 3.8) is 0 Å². The van der Waals surface area contributed by atoms with Crippen molar-refractivity contribution < 1.29 is 32.5 Å². The number of ether oxygens (including phenoxy) is 2. The Bertz CT molecular complexity index is 1590. The van der Waals surface area contributed by atoms with Crippen LogP contribution >= 0.6 is 11.8 Å². The molecule has 0 aliphatic heterocycles. The summed E-state index contributed by atoms with van der Waals surface area (Å²) in [6.07, 6.45) is 0.692. The van der Waals surface area contributed by atoms with Gasteiger partial charge in [0.15, 0.2) is 22.5 Å². The van der Waals surface area contributed by atoms with Gasteiger partial charge in [-0.05, 0) is 29.5 Å². The smallest absolute Gasteiger partial charge is 0.342 e. The Morgan fingerprint density at radius 2 is 1.86 bits per heavy atom. The lowest BCUT2D eigenvalue weighted by atomic mass is 10.2. The van der Waals surface area contributed by atoms with Crippen LogP contribution in [-0.4, -0.2) is 26.0 Å². The van der Waals surface area contributed by atoms with Gasteiger partial charge in [-0.1, -0.05) is 30.3 Å². The van der Waals surface area contributed by atoms with E-state index in [2.05, 4.69) is 9.97 Å². The number of carboxylic acid groups (broad SMARTS) is 1. The van der Waals surface area contributed by atoms with Gasteiger partial charge >= 0.3 is 5.97 Å². The van der Waals surface area contributed by atoms with E-state index in [1.165, 1.54) is 18.2 Å². The number of nitrogens with one attached hydrogen (secondary N) is 1. The molecule has 0 aliphatic carbocycles. The Balaban J connectivity index is 1.68. The number of rotatable bonds is 8. The van der Waals surface area contributed by atoms with Crippen LogP contribution in [0.15, 0.2) is 69.6 Å². The molecule has 186 valence electrons. The first kappa shape index (κ1) is 25.3. The van der Waals surface area contributed by atoms with Crippen LogP contribution in [0.25, 0.3) is 0 Å². The van der Waals surface area contributed by atoms with Crippen molar-refractivity contribution in [3.8, 4) is 23.4 Å². The van der Waals surface area contributed by atoms with E-state index in [0.29, 0.717) is 6.20 Å². The molecule has 13 heteroatoms. The van der Waals surface area contributed by atoms with Crippen LogP contribution in [-0.2, 0) is 6.61 Å². The van der Waals surface area contributed by atoms with Gasteiger partial charge in [0.25, 0.3) is 17.4 Å². The lowest BCUT2D eigenvalue weighted by molar-refractivity contribution is 0.0694. The molecule has 2 aromatic heterocycles. The van der Waals surface area contributed by atoms with Crippen LogP contribution in [0.2, 0.25) is 0 Å². The first-order valence-electron chi connectivity index (χ1n) is 10.2. The highest BCUT2D eigenvalue weighted by molar-refractivity contribution is 7.99. The zero-order valence-corrected chi connectivity index (χ0v) is 19.2. The Hall–Kier alpha value is -4.83. The second-order valence-electron chi connectivity index (χ2n) is 7.15. The number of nitrogens with zero attached hydrogens (tertiary/aromatic N) is 3. The monoisotopic (exact) mass is 526 g/mol. The van der Waals surface area contributed by atoms with Crippen LogP contribution in [0.3, 0.4) is 0 Å². The maximum atomic E-state index is 15.2. The van der Waals surface area contributed by atoms with E-state index >= 15 is 4.39 Å². The second kappa shape index (κ2) is 10.8. The molecule has 4 aromatic rings. The van der Waals surface area contributed by atoms with Crippen LogP contribution < -0.4 is 15.0 Å². The highest BCUT2D eigenvalue weighted by Gasteiger charge is 2.25. The number of nitriles is 1. The standard InChI is InChI=1S/C24H13F3N4O5S/c25-17-19(37-24-29-10-14(23(33)34)21(32)31-24)18(26)22(30-20(17)27)36-16-8-13(9-28)6-7-15(16)35-11-12-4-2-1-3-5-12/h1-8,10H,11H2,(H,33,34)(H,29,31,32). The molecule has 0 amide bonds. The third kappa shape index (κ3) is 5.71. The topological polar surface area (TPSA) is 138 Å². The Kier molecular flexibility index (Phi) is 7.40. The van der Waals surface area contributed by atoms with Crippen LogP contribution in [0, 0.1) is 28.9 Å². The van der Waals surface area contributed by atoms with E-state index < -0.39 is 50.6 Å². The molecule has 0 saturated heterocycles. The van der Waals surface area contributed by atoms with E-state index in [9.17, 15) is 23.6 Å². The lowest BCUT2D eigenvalue weighted by Crippen LogP contribution is -2.18. The maximum absolute atomic E-state index is 15.2. The van der Waals surface area contributed by atoms with Crippen molar-refractivity contribution in [1.82, 2.24) is 15.0 Å². The minimum atomic E-state index is -1.72. The maximum Gasteiger partial charge on any atom is 0.342 e. The summed E-state index contributed by atoms with van der Waals surface area (Å²) in [6.45, 7) is 0.0866. The predicted molar refractivity (Wildman–Crippen MR) is 122 cm³/mol. The molecule has 0 unspecified atom stereocenters. The fraction of sp³-hybridized carbons (Fsp3) is 0.0417. The molecule has 9 nitrogen and oxygen atoms in total. The van der Waals surface area contributed by atoms with Crippen molar-refractivity contribution in [2.45, 2.75) is 16.7 Å². The van der Waals surface area contributed by atoms with Crippen molar-refractivity contribution in [3.05, 3.63) is 99.4 Å². The number of pyridine rings is 1. The highest BCUT2D eigenvalue weighted by atomic mass is 32.2. The van der Waals surface area contributed by atoms with Crippen molar-refractivity contribution in [2.75, 3.05) is 0 Å². The summed E-state index contributed by atoms with van der Waals surface area (Å²) in [5.74, 6) is -7.51. The summed E-state index contributed by atoms with van der Waals surface area (Å²) in [5, 5.41) is 17.7. The van der Waals surface area contributed by atoms with Gasteiger partial charge in [0, 0.05) is 12.3 Å². The third-order valence-corrected chi connectivity index (χ3v) is 5.65. The van der Waals surface area contributed by atoms with Gasteiger partial charge in [-0.25, -0.2) is 14.2 Å². The lowest BCUT2D eigenvalue weighted by Gasteiger charge is -2.14. The summed E-state index contributed by atoms with van der Waals surface area (Å²) in [4.78, 5) is 30.7. The van der Waals surface area contributed by atoms with Crippen LogP contribution in [0.4, 0.5) is 13.2 Å². The Morgan fingerprint density at radius 3 is 2.54 bits per heavy atom. The van der Waals surface area contributed by atoms with E-state index in [1.54, 1.807) is 24.3 Å². The number of halogens is 3. The van der Waals surface area contributed by atoms with Gasteiger partial charge in [-0.3, -0.25) is 4.79 Å². The molecule has 0 bridgehead atoms. The molecule has 0 atom stereocenters. The summed E-state index contributed by atoms with van der Waals surface area (Å²) in [6, 6.07) is 14.9. The zero-order valence-electron chi connectivity index (χ0n) is 18.4. The molecular formula is C24H13F3N4O5S. The molecular weight excluding hydrogens is 513 g/mol. The third-order valence-electron chi connectivity index (χ3n) is 4.69. The molecule has 0 aliphatic rings. The molecule has 2 heterocycles. The summed E-state index contributed by atoms with van der Waals surface area (Å²) in [5.41, 5.74) is -0.870. The number of carbonyl (C=O) groups is 1. The minimum Gasteiger partial charge on any atom is -0.485 e. The number of aromatic amines is 1. The van der Waals surface area contributed by atoms with Gasteiger partial charge in [-0.15, -0.1) is 0 Å². The van der Waals surface area contributed by atoms with Crippen LogP contribution in [0.5, 0.6) is 17.4 Å². The predicted octanol–water partition coefficient (Wildman–Crippen LogP) is 4.67. The zero-order chi connectivity index (χ0) is 26.5. The minimum absolute atomic E-state index is 0.0678. The molecule has 0 radical (unpaired) electrons. The first-order chi connectivity index (χ1) is 17.8. The largest absolute Gasteiger partial charge is 0.485 e. The summed E-state index contributed by atoms with van der Waals surface area (Å²) in [7, 11) is 0. The number of benzene rings is 2. The van der Waals surface area contributed by atoms with E-state index in [0.717, 1.165) is 5.56 Å². The van der Waals surface area contributed by atoms with Gasteiger partial charge < -0.3 is 19.6 Å². The van der Waals surface area contributed by atoms with Crippen molar-refractivity contribution >= 4 is 17.7 Å². The Morgan fingerprint density at radius 1 is 1.11 bits per heavy atom. The van der Waals surface area contributed by atoms with E-state index in [-0.39, 0.29) is 35.4 Å². The number of H-pyrrole nitrogens is 1. The molecule has 0 fully saturated rings. The SMILES string of the molecule is N#Cc1ccc(OCc2ccccc2)c(Oc2nc(F)c(F)c(Sc3ncc(C(=O)O)c(=O)[nH]3)c2F)c1. The van der Waals surface area contributed by atoms with Gasteiger partial charge in [0.2, 0.25) is 5.82 Å². The molecule has 2 aromatic carbocycles. The number of hydrogen-bond acceptors (Lipinski definition) is 8. The fourth-order valence-electron chi connectivity index (χ4n) is 2.93. The van der Waals surface area contributed by atoms with Gasteiger partial charge in [0.05, 0.1) is 16.5 Å². The number of carboxylic acids is 1. The second-order valence-corrected chi connectivity index (χ2v) is 8.15. The number of hydrogen-bond donors (Lipinski definition) is 2. The number of aromatic nitrogens is 3. The Labute approximate surface area is 210 Å². The highest BCUT2D eigenvalue weighted by Crippen LogP contribution is 2.38. The van der Waals surface area contributed by atoms with Crippen molar-refractivity contribution in [2.24, 2.45) is 0 Å². The average Bonchev–Trinajstić information content (AvgIpc) is 2.89. The number of aromatic carboxylic acids is 1. The van der Waals surface area contributed by atoms with Gasteiger partial charge in [-0.2, -0.15) is 19.0 Å². The quantitative estimate of drug-likeness (QED) is 0.248. The molecule has 37 heavy (non-hydrogen) atoms. The van der Waals surface area contributed by atoms with E-state index in [1.807, 2.05) is 17.1 Å². The normalized spacial score (nSPS) is 10.5. The summed E-state index contributed by atoms with van der Waals surface area (Å²) >= 11 is 0.181. The molecule has 0 spiro atoms. The molecule has 2 N–H and O–H groups in total. The first-order valence-corrected chi connectivity index (χ1v) is 11.0. The fourth-order valence-corrected chi connectivity index (χ4v) is 3.72. The van der Waals surface area contributed by atoms with E-state index in [4.69, 9.17) is 14.6 Å². The summed E-state index contributed by atoms with van der Waals surface area (Å²) < 4.78 is 55.1. The van der Waals surface area contributed by atoms with Crippen LogP contribution in [0.1, 0.15) is 21.5 Å². The van der Waals surface area contributed by atoms with Gasteiger partial charge in [0.1, 0.15) is 12.2 Å². The molecule has 4 rings (SSSR count). The van der Waals surface area contributed by atoms with Crippen molar-refractivity contribution in [1.29, 1.82) is 5.26 Å². The molecule has 0 saturated carbocycles.